The van der Waals surface area contributed by atoms with Crippen LogP contribution in [0.1, 0.15) is 117 Å². The van der Waals surface area contributed by atoms with Gasteiger partial charge in [0.25, 0.3) is 3.91 Å². The molecule has 0 amide bonds. The van der Waals surface area contributed by atoms with Crippen molar-refractivity contribution in [3.05, 3.63) is 0 Å². The van der Waals surface area contributed by atoms with Crippen LogP contribution in [-0.2, 0) is 29.5 Å². The molecule has 0 unspecified atom stereocenters. The van der Waals surface area contributed by atoms with Crippen LogP contribution >= 0.6 is 0 Å². The van der Waals surface area contributed by atoms with E-state index in [1.165, 1.54) is 0 Å². The summed E-state index contributed by atoms with van der Waals surface area (Å²) in [5.41, 5.74) is 0. The quantitative estimate of drug-likeness (QED) is 0.194. The van der Waals surface area contributed by atoms with E-state index in [0.717, 1.165) is 57.8 Å². The fraction of sp³-hybridized carbons (Fsp3) is 1.00. The molecule has 0 aromatic carbocycles. The van der Waals surface area contributed by atoms with Crippen molar-refractivity contribution >= 4 is 29.5 Å². The van der Waals surface area contributed by atoms with Gasteiger partial charge < -0.3 is 0 Å². The highest BCUT2D eigenvalue weighted by molar-refractivity contribution is 8.24. The van der Waals surface area contributed by atoms with Gasteiger partial charge in [0.15, 0.2) is 29.5 Å². The molecule has 31 heavy (non-hydrogen) atoms. The number of sulfone groups is 3. The molecule has 0 radical (unpaired) electrons. The Morgan fingerprint density at radius 3 is 0.839 bits per heavy atom. The lowest BCUT2D eigenvalue weighted by Gasteiger charge is -2.19. The maximum Gasteiger partial charge on any atom is 0.262 e. The van der Waals surface area contributed by atoms with Crippen molar-refractivity contribution in [2.45, 2.75) is 121 Å². The van der Waals surface area contributed by atoms with E-state index in [9.17, 15) is 25.3 Å². The predicted molar refractivity (Wildman–Crippen MR) is 131 cm³/mol. The largest absolute Gasteiger partial charge is 0.262 e. The molecule has 0 spiro atoms. The number of unbranched alkanes of at least 4 members (excludes halogenated alkanes) is 12. The second-order valence-electron chi connectivity index (χ2n) is 8.63. The summed E-state index contributed by atoms with van der Waals surface area (Å²) in [6.45, 7) is 6.15. The van der Waals surface area contributed by atoms with Gasteiger partial charge in [-0.3, -0.25) is 0 Å². The minimum atomic E-state index is -4.30. The van der Waals surface area contributed by atoms with Crippen molar-refractivity contribution in [1.29, 1.82) is 0 Å². The van der Waals surface area contributed by atoms with E-state index < -0.39 is 33.4 Å². The SMILES string of the molecule is CCCCCCCS(=O)(=O)C(S(=O)(=O)CCCCCCC)S(=O)(=O)CCCCCCC. The fourth-order valence-electron chi connectivity index (χ4n) is 3.68. The summed E-state index contributed by atoms with van der Waals surface area (Å²) in [4.78, 5) is 0. The summed E-state index contributed by atoms with van der Waals surface area (Å²) in [6.07, 6.45) is 11.5. The Balaban J connectivity index is 5.39. The molecular weight excluding hydrogens is 456 g/mol. The number of hydrogen-bond acceptors (Lipinski definition) is 6. The van der Waals surface area contributed by atoms with Gasteiger partial charge in [0.1, 0.15) is 0 Å². The minimum absolute atomic E-state index is 0.302. The van der Waals surface area contributed by atoms with Crippen LogP contribution < -0.4 is 0 Å². The molecule has 0 bridgehead atoms. The fourth-order valence-corrected chi connectivity index (χ4v) is 13.2. The third-order valence-electron chi connectivity index (χ3n) is 5.48. The first-order valence-electron chi connectivity index (χ1n) is 12.2. The van der Waals surface area contributed by atoms with Crippen molar-refractivity contribution < 1.29 is 25.3 Å². The highest BCUT2D eigenvalue weighted by atomic mass is 32.3. The van der Waals surface area contributed by atoms with Crippen LogP contribution in [0, 0.1) is 0 Å². The molecule has 0 atom stereocenters. The van der Waals surface area contributed by atoms with E-state index in [0.29, 0.717) is 38.5 Å². The Morgan fingerprint density at radius 2 is 0.613 bits per heavy atom. The molecule has 0 aromatic rings. The molecule has 0 saturated carbocycles. The maximum absolute atomic E-state index is 13.0. The zero-order chi connectivity index (χ0) is 23.8. The molecule has 0 rings (SSSR count). The first-order chi connectivity index (χ1) is 14.5. The average Bonchev–Trinajstić information content (AvgIpc) is 2.66. The van der Waals surface area contributed by atoms with Crippen molar-refractivity contribution in [3.63, 3.8) is 0 Å². The van der Waals surface area contributed by atoms with E-state index in [2.05, 4.69) is 0 Å². The van der Waals surface area contributed by atoms with E-state index in [1.54, 1.807) is 0 Å². The summed E-state index contributed by atoms with van der Waals surface area (Å²) in [5, 5.41) is 0. The predicted octanol–water partition coefficient (Wildman–Crippen LogP) is 5.43. The Hall–Kier alpha value is -0.150. The third kappa shape index (κ3) is 13.2. The van der Waals surface area contributed by atoms with Gasteiger partial charge in [-0.1, -0.05) is 97.8 Å². The van der Waals surface area contributed by atoms with Crippen molar-refractivity contribution in [3.8, 4) is 0 Å². The standard InChI is InChI=1S/C22H46O6S3/c1-4-7-10-13-16-19-29(23,24)22(30(25,26)20-17-14-11-8-5-2)31(27,28)21-18-15-12-9-6-3/h22H,4-21H2,1-3H3. The maximum atomic E-state index is 13.0. The molecule has 0 aliphatic carbocycles. The van der Waals surface area contributed by atoms with Gasteiger partial charge in [-0.25, -0.2) is 25.3 Å². The minimum Gasteiger partial charge on any atom is -0.226 e. The van der Waals surface area contributed by atoms with Gasteiger partial charge >= 0.3 is 0 Å². The molecule has 0 aromatic heterocycles. The van der Waals surface area contributed by atoms with Gasteiger partial charge in [0.05, 0.1) is 17.3 Å². The van der Waals surface area contributed by atoms with Crippen LogP contribution in [-0.4, -0.2) is 46.4 Å². The van der Waals surface area contributed by atoms with E-state index in [4.69, 9.17) is 0 Å². The summed E-state index contributed by atoms with van der Waals surface area (Å²) in [6, 6.07) is 0. The average molecular weight is 503 g/mol. The van der Waals surface area contributed by atoms with Gasteiger partial charge in [-0.15, -0.1) is 0 Å². The van der Waals surface area contributed by atoms with Gasteiger partial charge in [0.2, 0.25) is 0 Å². The highest BCUT2D eigenvalue weighted by Gasteiger charge is 2.46. The van der Waals surface area contributed by atoms with Crippen LogP contribution in [0.25, 0.3) is 0 Å². The zero-order valence-electron chi connectivity index (χ0n) is 20.0. The Bertz CT molecular complexity index is 650. The monoisotopic (exact) mass is 502 g/mol. The van der Waals surface area contributed by atoms with Crippen molar-refractivity contribution in [1.82, 2.24) is 0 Å². The lowest BCUT2D eigenvalue weighted by Crippen LogP contribution is -2.41. The Morgan fingerprint density at radius 1 is 0.387 bits per heavy atom. The summed E-state index contributed by atoms with van der Waals surface area (Å²) in [7, 11) is -12.9. The van der Waals surface area contributed by atoms with E-state index in [-0.39, 0.29) is 17.3 Å². The molecule has 0 aliphatic rings. The Kier molecular flexibility index (Phi) is 16.4. The first kappa shape index (κ1) is 30.9. The summed E-state index contributed by atoms with van der Waals surface area (Å²) in [5.74, 6) is -1.15. The van der Waals surface area contributed by atoms with Crippen LogP contribution in [0.2, 0.25) is 0 Å². The molecule has 188 valence electrons. The van der Waals surface area contributed by atoms with Gasteiger partial charge in [-0.2, -0.15) is 0 Å². The second-order valence-corrected chi connectivity index (χ2v) is 16.1. The first-order valence-corrected chi connectivity index (χ1v) is 17.3. The number of hydrogen-bond donors (Lipinski definition) is 0. The van der Waals surface area contributed by atoms with Crippen molar-refractivity contribution in [2.24, 2.45) is 0 Å². The second kappa shape index (κ2) is 16.5. The lowest BCUT2D eigenvalue weighted by atomic mass is 10.2. The van der Waals surface area contributed by atoms with Crippen molar-refractivity contribution in [2.75, 3.05) is 17.3 Å². The van der Waals surface area contributed by atoms with Crippen LogP contribution in [0.5, 0.6) is 0 Å². The van der Waals surface area contributed by atoms with Gasteiger partial charge in [-0.05, 0) is 19.3 Å². The normalized spacial score (nSPS) is 13.2. The molecule has 6 nitrogen and oxygen atoms in total. The molecule has 0 aliphatic heterocycles. The lowest BCUT2D eigenvalue weighted by molar-refractivity contribution is 0.564. The van der Waals surface area contributed by atoms with Crippen LogP contribution in [0.15, 0.2) is 0 Å². The summed E-state index contributed by atoms with van der Waals surface area (Å²) >= 11 is 0. The molecular formula is C22H46O6S3. The topological polar surface area (TPSA) is 102 Å². The molecule has 0 heterocycles. The van der Waals surface area contributed by atoms with Crippen LogP contribution in [0.4, 0.5) is 0 Å². The molecule has 9 heteroatoms. The highest BCUT2D eigenvalue weighted by Crippen LogP contribution is 2.24. The molecule has 0 fully saturated rings. The Labute approximate surface area is 192 Å². The van der Waals surface area contributed by atoms with E-state index >= 15 is 0 Å². The number of rotatable bonds is 21. The zero-order valence-corrected chi connectivity index (χ0v) is 22.4. The van der Waals surface area contributed by atoms with Gasteiger partial charge in [0, 0.05) is 0 Å². The molecule has 0 saturated heterocycles. The molecule has 0 N–H and O–H groups in total. The van der Waals surface area contributed by atoms with Crippen LogP contribution in [0.3, 0.4) is 0 Å². The smallest absolute Gasteiger partial charge is 0.226 e. The van der Waals surface area contributed by atoms with E-state index in [1.807, 2.05) is 20.8 Å². The third-order valence-corrected chi connectivity index (χ3v) is 15.1. The summed E-state index contributed by atoms with van der Waals surface area (Å²) < 4.78 is 75.5.